The number of aliphatic hydroxyl groups excluding tert-OH is 1. The Labute approximate surface area is 139 Å². The number of quaternary nitrogens is 1. The molecule has 6 nitrogen and oxygen atoms in total. The number of carbonyl (C=O) groups is 2. The normalized spacial score (nSPS) is 16.9. The van der Waals surface area contributed by atoms with Crippen LogP contribution in [0, 0.1) is 11.8 Å². The molecule has 3 N–H and O–H groups in total. The SMILES string of the molecule is C/C=C/CCCCC[N+](CO)(CC(C)C(=O)O)CC(C)C(=O)O. The lowest BCUT2D eigenvalue weighted by Gasteiger charge is -2.39. The third-order valence-corrected chi connectivity index (χ3v) is 4.20. The average Bonchev–Trinajstić information content (AvgIpc) is 2.50. The zero-order chi connectivity index (χ0) is 17.9. The van der Waals surface area contributed by atoms with Crippen molar-refractivity contribution in [2.24, 2.45) is 11.8 Å². The van der Waals surface area contributed by atoms with Crippen molar-refractivity contribution in [2.75, 3.05) is 26.4 Å². The van der Waals surface area contributed by atoms with Gasteiger partial charge in [-0.05, 0) is 46.5 Å². The smallest absolute Gasteiger partial charge is 0.311 e. The third-order valence-electron chi connectivity index (χ3n) is 4.20. The number of aliphatic hydroxyl groups is 1. The molecule has 0 saturated carbocycles. The van der Waals surface area contributed by atoms with E-state index in [1.807, 2.05) is 13.0 Å². The minimum Gasteiger partial charge on any atom is -0.481 e. The van der Waals surface area contributed by atoms with Gasteiger partial charge >= 0.3 is 11.9 Å². The van der Waals surface area contributed by atoms with Crippen molar-refractivity contribution in [3.63, 3.8) is 0 Å². The molecule has 2 atom stereocenters. The largest absolute Gasteiger partial charge is 0.481 e. The van der Waals surface area contributed by atoms with E-state index in [1.165, 1.54) is 0 Å². The van der Waals surface area contributed by atoms with Crippen LogP contribution in [0.3, 0.4) is 0 Å². The summed E-state index contributed by atoms with van der Waals surface area (Å²) >= 11 is 0. The molecular weight excluding hydrogens is 298 g/mol. The number of hydrogen-bond acceptors (Lipinski definition) is 3. The summed E-state index contributed by atoms with van der Waals surface area (Å²) in [5.41, 5.74) is 0. The van der Waals surface area contributed by atoms with Crippen LogP contribution in [0.4, 0.5) is 0 Å². The second-order valence-corrected chi connectivity index (χ2v) is 6.47. The van der Waals surface area contributed by atoms with Crippen LogP contribution in [0.25, 0.3) is 0 Å². The van der Waals surface area contributed by atoms with E-state index in [4.69, 9.17) is 10.2 Å². The van der Waals surface area contributed by atoms with Crippen molar-refractivity contribution in [1.82, 2.24) is 0 Å². The van der Waals surface area contributed by atoms with Crippen molar-refractivity contribution in [3.05, 3.63) is 12.2 Å². The van der Waals surface area contributed by atoms with Gasteiger partial charge in [0.25, 0.3) is 0 Å². The summed E-state index contributed by atoms with van der Waals surface area (Å²) in [6.45, 7) is 6.04. The quantitative estimate of drug-likeness (QED) is 0.208. The van der Waals surface area contributed by atoms with Gasteiger partial charge in [-0.3, -0.25) is 14.1 Å². The molecule has 2 unspecified atom stereocenters. The fourth-order valence-corrected chi connectivity index (χ4v) is 2.81. The van der Waals surface area contributed by atoms with Gasteiger partial charge in [-0.2, -0.15) is 0 Å². The van der Waals surface area contributed by atoms with Gasteiger partial charge in [0.1, 0.15) is 11.8 Å². The van der Waals surface area contributed by atoms with E-state index in [2.05, 4.69) is 6.08 Å². The molecule has 23 heavy (non-hydrogen) atoms. The lowest BCUT2D eigenvalue weighted by Crippen LogP contribution is -2.55. The minimum atomic E-state index is -0.919. The molecule has 0 aromatic rings. The lowest BCUT2D eigenvalue weighted by molar-refractivity contribution is -0.949. The Balaban J connectivity index is 4.80. The highest BCUT2D eigenvalue weighted by molar-refractivity contribution is 5.70. The summed E-state index contributed by atoms with van der Waals surface area (Å²) in [5, 5.41) is 28.1. The molecule has 0 rings (SSSR count). The molecule has 0 aromatic heterocycles. The number of allylic oxidation sites excluding steroid dienone is 2. The molecular formula is C17H32NO5+. The first kappa shape index (κ1) is 21.6. The second-order valence-electron chi connectivity index (χ2n) is 6.47. The molecule has 0 aromatic carbocycles. The van der Waals surface area contributed by atoms with Gasteiger partial charge < -0.3 is 15.3 Å². The van der Waals surface area contributed by atoms with E-state index in [0.29, 0.717) is 6.54 Å². The molecule has 6 heteroatoms. The van der Waals surface area contributed by atoms with E-state index >= 15 is 0 Å². The molecule has 0 saturated heterocycles. The van der Waals surface area contributed by atoms with Gasteiger partial charge in [-0.15, -0.1) is 0 Å². The van der Waals surface area contributed by atoms with Crippen molar-refractivity contribution in [2.45, 2.75) is 46.5 Å². The third kappa shape index (κ3) is 8.71. The van der Waals surface area contributed by atoms with Gasteiger partial charge in [-0.25, -0.2) is 0 Å². The first-order valence-electron chi connectivity index (χ1n) is 8.30. The van der Waals surface area contributed by atoms with Crippen LogP contribution < -0.4 is 0 Å². The molecule has 134 valence electrons. The molecule has 0 aliphatic heterocycles. The van der Waals surface area contributed by atoms with E-state index in [0.717, 1.165) is 25.7 Å². The molecule has 0 amide bonds. The summed E-state index contributed by atoms with van der Waals surface area (Å²) in [5.74, 6) is -3.08. The number of carboxylic acids is 2. The highest BCUT2D eigenvalue weighted by Crippen LogP contribution is 2.18. The number of rotatable bonds is 13. The Morgan fingerprint density at radius 1 is 1.00 bits per heavy atom. The van der Waals surface area contributed by atoms with Crippen molar-refractivity contribution >= 4 is 11.9 Å². The molecule has 0 heterocycles. The predicted molar refractivity (Wildman–Crippen MR) is 88.8 cm³/mol. The molecule has 0 aliphatic rings. The highest BCUT2D eigenvalue weighted by atomic mass is 16.4. The maximum Gasteiger partial charge on any atom is 0.311 e. The zero-order valence-electron chi connectivity index (χ0n) is 14.6. The van der Waals surface area contributed by atoms with Gasteiger partial charge in [0, 0.05) is 0 Å². The molecule has 0 bridgehead atoms. The monoisotopic (exact) mass is 330 g/mol. The van der Waals surface area contributed by atoms with Crippen LogP contribution in [0.5, 0.6) is 0 Å². The van der Waals surface area contributed by atoms with Crippen LogP contribution in [-0.2, 0) is 9.59 Å². The van der Waals surface area contributed by atoms with E-state index in [9.17, 15) is 14.7 Å². The summed E-state index contributed by atoms with van der Waals surface area (Å²) in [4.78, 5) is 22.3. The number of hydrogen-bond donors (Lipinski definition) is 3. The maximum atomic E-state index is 11.1. The van der Waals surface area contributed by atoms with Gasteiger partial charge in [0.2, 0.25) is 0 Å². The zero-order valence-corrected chi connectivity index (χ0v) is 14.6. The van der Waals surface area contributed by atoms with Crippen molar-refractivity contribution in [1.29, 1.82) is 0 Å². The van der Waals surface area contributed by atoms with Crippen LogP contribution in [0.2, 0.25) is 0 Å². The molecule has 0 spiro atoms. The second kappa shape index (κ2) is 11.2. The highest BCUT2D eigenvalue weighted by Gasteiger charge is 2.34. The topological polar surface area (TPSA) is 94.8 Å². The minimum absolute atomic E-state index is 0.130. The first-order chi connectivity index (χ1) is 10.8. The number of aliphatic carboxylic acids is 2. The van der Waals surface area contributed by atoms with Crippen molar-refractivity contribution in [3.8, 4) is 0 Å². The fraction of sp³-hybridized carbons (Fsp3) is 0.765. The fourth-order valence-electron chi connectivity index (χ4n) is 2.81. The summed E-state index contributed by atoms with van der Waals surface area (Å²) in [6, 6.07) is 0. The summed E-state index contributed by atoms with van der Waals surface area (Å²) in [7, 11) is 0. The van der Waals surface area contributed by atoms with Gasteiger partial charge in [0.05, 0.1) is 19.6 Å². The van der Waals surface area contributed by atoms with Crippen LogP contribution in [0.1, 0.15) is 46.5 Å². The standard InChI is InChI=1S/C17H31NO5/c1-4-5-6-7-8-9-10-18(13-19,11-14(2)16(20)21)12-15(3)17(22)23/h4-5,14-15,19H,6-13H2,1-3H3,(H-,20,21,22,23)/p+1/b5-4+. The molecule has 0 radical (unpaired) electrons. The van der Waals surface area contributed by atoms with Gasteiger partial charge in [-0.1, -0.05) is 12.2 Å². The summed E-state index contributed by atoms with van der Waals surface area (Å²) < 4.78 is 0.130. The number of unbranched alkanes of at least 4 members (excludes halogenated alkanes) is 3. The maximum absolute atomic E-state index is 11.1. The Morgan fingerprint density at radius 3 is 1.91 bits per heavy atom. The molecule has 0 fully saturated rings. The Hall–Kier alpha value is -1.40. The number of nitrogens with zero attached hydrogens (tertiary/aromatic N) is 1. The van der Waals surface area contributed by atoms with Crippen molar-refractivity contribution < 1.29 is 29.4 Å². The van der Waals surface area contributed by atoms with Crippen LogP contribution in [0.15, 0.2) is 12.2 Å². The van der Waals surface area contributed by atoms with E-state index in [1.54, 1.807) is 13.8 Å². The number of carboxylic acid groups (broad SMARTS) is 2. The first-order valence-corrected chi connectivity index (χ1v) is 8.30. The molecule has 0 aliphatic carbocycles. The Morgan fingerprint density at radius 2 is 1.52 bits per heavy atom. The van der Waals surface area contributed by atoms with Crippen LogP contribution >= 0.6 is 0 Å². The Kier molecular flexibility index (Phi) is 10.5. The predicted octanol–water partition coefficient (Wildman–Crippen LogP) is 2.33. The van der Waals surface area contributed by atoms with Gasteiger partial charge in [0.15, 0.2) is 6.73 Å². The van der Waals surface area contributed by atoms with Crippen LogP contribution in [-0.4, -0.2) is 58.1 Å². The lowest BCUT2D eigenvalue weighted by atomic mass is 10.0. The van der Waals surface area contributed by atoms with E-state index in [-0.39, 0.29) is 24.3 Å². The van der Waals surface area contributed by atoms with E-state index < -0.39 is 23.8 Å². The Bertz CT molecular complexity index is 372. The average molecular weight is 330 g/mol. The summed E-state index contributed by atoms with van der Waals surface area (Å²) in [6.07, 6.45) is 7.99.